The zero-order valence-electron chi connectivity index (χ0n) is 23.5. The van der Waals surface area contributed by atoms with Gasteiger partial charge in [-0.1, -0.05) is 72.3 Å². The first-order valence-corrected chi connectivity index (χ1v) is 14.2. The average Bonchev–Trinajstić information content (AvgIpc) is 2.90. The van der Waals surface area contributed by atoms with Gasteiger partial charge in [-0.3, -0.25) is 9.59 Å². The van der Waals surface area contributed by atoms with Crippen molar-refractivity contribution in [3.63, 3.8) is 0 Å². The molecule has 0 saturated carbocycles. The molecule has 0 radical (unpaired) electrons. The smallest absolute Gasteiger partial charge is 0.304 e. The lowest BCUT2D eigenvalue weighted by atomic mass is 10.0. The number of aryl methyl sites for hydroxylation is 3. The van der Waals surface area contributed by atoms with E-state index >= 15 is 0 Å². The number of nitrogens with zero attached hydrogens (tertiary/aromatic N) is 3. The van der Waals surface area contributed by atoms with Crippen molar-refractivity contribution < 1.29 is 18.0 Å². The molecule has 0 spiro atoms. The number of carbonyl (C=O) groups is 2. The molecule has 3 aromatic rings. The van der Waals surface area contributed by atoms with Crippen molar-refractivity contribution in [1.82, 2.24) is 14.5 Å². The molecule has 39 heavy (non-hydrogen) atoms. The van der Waals surface area contributed by atoms with Crippen LogP contribution in [0, 0.1) is 20.8 Å². The van der Waals surface area contributed by atoms with E-state index in [1.807, 2.05) is 87.5 Å². The van der Waals surface area contributed by atoms with Crippen LogP contribution in [0.5, 0.6) is 0 Å². The highest BCUT2D eigenvalue weighted by molar-refractivity contribution is 7.90. The number of nitrogens with one attached hydrogen (secondary N) is 1. The fourth-order valence-corrected chi connectivity index (χ4v) is 5.53. The summed E-state index contributed by atoms with van der Waals surface area (Å²) in [4.78, 5) is 28.9. The highest BCUT2D eigenvalue weighted by atomic mass is 32.2. The van der Waals surface area contributed by atoms with Gasteiger partial charge in [-0.15, -0.1) is 0 Å². The molecule has 1 unspecified atom stereocenters. The minimum Gasteiger partial charge on any atom is -0.357 e. The number of hydrogen-bond acceptors (Lipinski definition) is 4. The Hall–Kier alpha value is -3.69. The molecule has 0 heterocycles. The Balaban J connectivity index is 2.10. The minimum absolute atomic E-state index is 0.147. The standard InChI is InChI=1S/C30H38N4O4S/c1-22-11-10-14-26(17-22)20-33(28(30(36)31-4)19-25-12-8-7-9-13-25)29(35)21-34(39(37,38)32(5)6)27-18-23(2)15-16-24(27)3/h7-18,28H,19-21H2,1-6H3,(H,31,36). The van der Waals surface area contributed by atoms with Crippen molar-refractivity contribution in [2.75, 3.05) is 32.0 Å². The van der Waals surface area contributed by atoms with Crippen molar-refractivity contribution in [2.24, 2.45) is 0 Å². The van der Waals surface area contributed by atoms with Gasteiger partial charge in [-0.05, 0) is 49.1 Å². The molecule has 2 amide bonds. The van der Waals surface area contributed by atoms with Crippen LogP contribution in [-0.2, 0) is 32.8 Å². The van der Waals surface area contributed by atoms with Crippen LogP contribution < -0.4 is 9.62 Å². The fraction of sp³-hybridized carbons (Fsp3) is 0.333. The molecule has 8 nitrogen and oxygen atoms in total. The van der Waals surface area contributed by atoms with Crippen molar-refractivity contribution in [1.29, 1.82) is 0 Å². The average molecular weight is 551 g/mol. The van der Waals surface area contributed by atoms with Crippen molar-refractivity contribution in [3.05, 3.63) is 101 Å². The van der Waals surface area contributed by atoms with Gasteiger partial charge in [0, 0.05) is 34.1 Å². The number of benzene rings is 3. The lowest BCUT2D eigenvalue weighted by Crippen LogP contribution is -2.54. The molecular weight excluding hydrogens is 512 g/mol. The van der Waals surface area contributed by atoms with Crippen LogP contribution in [0.1, 0.15) is 27.8 Å². The zero-order chi connectivity index (χ0) is 28.7. The van der Waals surface area contributed by atoms with Gasteiger partial charge in [0.2, 0.25) is 11.8 Å². The van der Waals surface area contributed by atoms with E-state index in [2.05, 4.69) is 5.32 Å². The topological polar surface area (TPSA) is 90.0 Å². The highest BCUT2D eigenvalue weighted by Crippen LogP contribution is 2.26. The minimum atomic E-state index is -4.03. The summed E-state index contributed by atoms with van der Waals surface area (Å²) in [6, 6.07) is 21.8. The Kier molecular flexibility index (Phi) is 9.88. The maximum Gasteiger partial charge on any atom is 0.304 e. The van der Waals surface area contributed by atoms with Crippen molar-refractivity contribution in [3.8, 4) is 0 Å². The summed E-state index contributed by atoms with van der Waals surface area (Å²) >= 11 is 0. The third-order valence-electron chi connectivity index (χ3n) is 6.61. The first-order chi connectivity index (χ1) is 18.4. The third kappa shape index (κ3) is 7.46. The van der Waals surface area contributed by atoms with Crippen molar-refractivity contribution >= 4 is 27.7 Å². The summed E-state index contributed by atoms with van der Waals surface area (Å²) in [5.41, 5.74) is 4.76. The second kappa shape index (κ2) is 12.9. The van der Waals surface area contributed by atoms with Crippen LogP contribution in [0.15, 0.2) is 72.8 Å². The molecule has 0 aromatic heterocycles. The summed E-state index contributed by atoms with van der Waals surface area (Å²) in [6.07, 6.45) is 0.280. The molecule has 3 rings (SSSR count). The molecule has 0 aliphatic carbocycles. The molecule has 9 heteroatoms. The lowest BCUT2D eigenvalue weighted by molar-refractivity contribution is -0.139. The van der Waals surface area contributed by atoms with Crippen LogP contribution in [0.2, 0.25) is 0 Å². The second-order valence-electron chi connectivity index (χ2n) is 9.92. The predicted octanol–water partition coefficient (Wildman–Crippen LogP) is 3.61. The molecule has 0 fully saturated rings. The van der Waals surface area contributed by atoms with Gasteiger partial charge in [0.1, 0.15) is 12.6 Å². The molecule has 0 aliphatic rings. The molecule has 3 aromatic carbocycles. The fourth-order valence-electron chi connectivity index (χ4n) is 4.42. The summed E-state index contributed by atoms with van der Waals surface area (Å²) in [5.74, 6) is -0.805. The summed E-state index contributed by atoms with van der Waals surface area (Å²) < 4.78 is 29.2. The number of hydrogen-bond donors (Lipinski definition) is 1. The Morgan fingerprint density at radius 3 is 2.10 bits per heavy atom. The molecule has 1 N–H and O–H groups in total. The maximum absolute atomic E-state index is 14.2. The van der Waals surface area contributed by atoms with E-state index < -0.39 is 28.7 Å². The summed E-state index contributed by atoms with van der Waals surface area (Å²) in [7, 11) is 0.376. The van der Waals surface area contributed by atoms with Gasteiger partial charge in [-0.2, -0.15) is 12.7 Å². The molecule has 0 aliphatic heterocycles. The molecule has 0 saturated heterocycles. The van der Waals surface area contributed by atoms with Gasteiger partial charge < -0.3 is 10.2 Å². The first kappa shape index (κ1) is 29.9. The van der Waals surface area contributed by atoms with Crippen LogP contribution in [0.3, 0.4) is 0 Å². The van der Waals surface area contributed by atoms with E-state index in [1.54, 1.807) is 6.07 Å². The van der Waals surface area contributed by atoms with Gasteiger partial charge in [0.05, 0.1) is 5.69 Å². The molecular formula is C30H38N4O4S. The van der Waals surface area contributed by atoms with Crippen LogP contribution >= 0.6 is 0 Å². The van der Waals surface area contributed by atoms with Crippen LogP contribution in [0.25, 0.3) is 0 Å². The Labute approximate surface area is 232 Å². The van der Waals surface area contributed by atoms with Gasteiger partial charge in [-0.25, -0.2) is 4.31 Å². The summed E-state index contributed by atoms with van der Waals surface area (Å²) in [6.45, 7) is 5.33. The summed E-state index contributed by atoms with van der Waals surface area (Å²) in [5, 5.41) is 2.69. The van der Waals surface area contributed by atoms with E-state index in [0.29, 0.717) is 5.69 Å². The quantitative estimate of drug-likeness (QED) is 0.395. The predicted molar refractivity (Wildman–Crippen MR) is 156 cm³/mol. The lowest BCUT2D eigenvalue weighted by Gasteiger charge is -2.34. The van der Waals surface area contributed by atoms with E-state index in [4.69, 9.17) is 0 Å². The zero-order valence-corrected chi connectivity index (χ0v) is 24.3. The normalized spacial score (nSPS) is 12.2. The van der Waals surface area contributed by atoms with Crippen LogP contribution in [0.4, 0.5) is 5.69 Å². The number of likely N-dealkylation sites (N-methyl/N-ethyl adjacent to an activating group) is 1. The number of carbonyl (C=O) groups excluding carboxylic acids is 2. The maximum atomic E-state index is 14.2. The monoisotopic (exact) mass is 550 g/mol. The number of anilines is 1. The molecule has 208 valence electrons. The van der Waals surface area contributed by atoms with Crippen LogP contribution in [-0.4, -0.2) is 63.2 Å². The van der Waals surface area contributed by atoms with E-state index in [0.717, 1.165) is 36.4 Å². The second-order valence-corrected chi connectivity index (χ2v) is 12.0. The Morgan fingerprint density at radius 1 is 0.846 bits per heavy atom. The van der Waals surface area contributed by atoms with E-state index in [-0.39, 0.29) is 18.9 Å². The SMILES string of the molecule is CNC(=O)C(Cc1ccccc1)N(Cc1cccc(C)c1)C(=O)CN(c1cc(C)ccc1C)S(=O)(=O)N(C)C. The van der Waals surface area contributed by atoms with E-state index in [9.17, 15) is 18.0 Å². The number of rotatable bonds is 11. The third-order valence-corrected chi connectivity index (χ3v) is 8.41. The molecule has 0 bridgehead atoms. The first-order valence-electron chi connectivity index (χ1n) is 12.8. The highest BCUT2D eigenvalue weighted by Gasteiger charge is 2.34. The molecule has 1 atom stereocenters. The van der Waals surface area contributed by atoms with Gasteiger partial charge in [0.15, 0.2) is 0 Å². The van der Waals surface area contributed by atoms with Crippen molar-refractivity contribution in [2.45, 2.75) is 39.8 Å². The largest absolute Gasteiger partial charge is 0.357 e. The Bertz CT molecular complexity index is 1410. The number of amides is 2. The van der Waals surface area contributed by atoms with Gasteiger partial charge >= 0.3 is 10.2 Å². The van der Waals surface area contributed by atoms with Gasteiger partial charge in [0.25, 0.3) is 0 Å². The van der Waals surface area contributed by atoms with E-state index in [1.165, 1.54) is 26.0 Å². The Morgan fingerprint density at radius 2 is 1.49 bits per heavy atom.